The van der Waals surface area contributed by atoms with Gasteiger partial charge in [0.2, 0.25) is 0 Å². The maximum absolute atomic E-state index is 12.9. The molecule has 0 bridgehead atoms. The molecule has 154 valence electrons. The summed E-state index contributed by atoms with van der Waals surface area (Å²) in [5.41, 5.74) is 2.63. The summed E-state index contributed by atoms with van der Waals surface area (Å²) in [6.45, 7) is 0.144. The number of hydrogen-bond acceptors (Lipinski definition) is 4. The van der Waals surface area contributed by atoms with Gasteiger partial charge in [-0.2, -0.15) is 8.78 Å². The highest BCUT2D eigenvalue weighted by Crippen LogP contribution is 2.22. The van der Waals surface area contributed by atoms with Gasteiger partial charge in [-0.15, -0.1) is 0 Å². The van der Waals surface area contributed by atoms with E-state index in [2.05, 4.69) is 23.8 Å². The molecule has 0 N–H and O–H groups in total. The van der Waals surface area contributed by atoms with Crippen molar-refractivity contribution in [3.63, 3.8) is 0 Å². The van der Waals surface area contributed by atoms with E-state index in [1.807, 2.05) is 17.0 Å². The fourth-order valence-corrected chi connectivity index (χ4v) is 3.38. The van der Waals surface area contributed by atoms with Crippen LogP contribution in [0.25, 0.3) is 0 Å². The number of ether oxygens (including phenoxy) is 1. The number of amidine groups is 1. The van der Waals surface area contributed by atoms with E-state index in [1.54, 1.807) is 0 Å². The van der Waals surface area contributed by atoms with Gasteiger partial charge in [-0.25, -0.2) is 0 Å². The summed E-state index contributed by atoms with van der Waals surface area (Å²) < 4.78 is 29.0. The predicted octanol–water partition coefficient (Wildman–Crippen LogP) is 5.51. The van der Waals surface area contributed by atoms with Crippen molar-refractivity contribution >= 4 is 17.3 Å². The summed E-state index contributed by atoms with van der Waals surface area (Å²) in [6, 6.07) is 14.0. The summed E-state index contributed by atoms with van der Waals surface area (Å²) in [4.78, 5) is 19.6. The van der Waals surface area contributed by atoms with Crippen molar-refractivity contribution in [2.45, 2.75) is 45.6 Å². The molecule has 1 aliphatic rings. The number of nitrogens with zero attached hydrogens (tertiary/aromatic N) is 2. The Hall–Kier alpha value is -2.76. The van der Waals surface area contributed by atoms with Gasteiger partial charge < -0.3 is 9.64 Å². The van der Waals surface area contributed by atoms with Crippen LogP contribution in [0.4, 0.5) is 14.5 Å². The molecule has 0 radical (unpaired) electrons. The molecule has 2 aromatic rings. The predicted molar refractivity (Wildman–Crippen MR) is 111 cm³/mol. The number of aryl methyl sites for hydroxylation is 1. The molecule has 4 nitrogen and oxygen atoms in total. The number of alkyl halides is 2. The average molecular weight is 400 g/mol. The zero-order valence-corrected chi connectivity index (χ0v) is 16.6. The van der Waals surface area contributed by atoms with E-state index in [4.69, 9.17) is 4.99 Å². The minimum atomic E-state index is -2.88. The van der Waals surface area contributed by atoms with E-state index < -0.39 is 6.61 Å². The third kappa shape index (κ3) is 5.86. The first-order valence-electron chi connectivity index (χ1n) is 10.0. The third-order valence-electron chi connectivity index (χ3n) is 5.02. The number of benzene rings is 2. The molecule has 0 aromatic heterocycles. The van der Waals surface area contributed by atoms with E-state index in [1.165, 1.54) is 29.8 Å². The summed E-state index contributed by atoms with van der Waals surface area (Å²) in [7, 11) is 0. The number of anilines is 1. The van der Waals surface area contributed by atoms with E-state index >= 15 is 0 Å². The highest BCUT2D eigenvalue weighted by atomic mass is 19.3. The molecular formula is C23H26F2N2O2. The van der Waals surface area contributed by atoms with E-state index in [9.17, 15) is 13.6 Å². The number of aliphatic imine (C=N–C) groups is 1. The van der Waals surface area contributed by atoms with Crippen molar-refractivity contribution in [2.24, 2.45) is 4.99 Å². The van der Waals surface area contributed by atoms with Crippen molar-refractivity contribution in [1.82, 2.24) is 0 Å². The number of carbonyl (C=O) groups excluding carboxylic acids is 1. The summed E-state index contributed by atoms with van der Waals surface area (Å²) in [6.07, 6.45) is 5.04. The first-order chi connectivity index (χ1) is 14.1. The lowest BCUT2D eigenvalue weighted by Crippen LogP contribution is -2.36. The largest absolute Gasteiger partial charge is 0.435 e. The van der Waals surface area contributed by atoms with Gasteiger partial charge in [-0.05, 0) is 61.2 Å². The quantitative estimate of drug-likeness (QED) is 0.575. The molecule has 1 heterocycles. The topological polar surface area (TPSA) is 41.9 Å². The highest BCUT2D eigenvalue weighted by molar-refractivity contribution is 6.07. The standard InChI is InChI=1S/C23H26F2N2O2/c1-2-17-7-11-19(12-8-17)27(22-6-4-3-5-15-26-22)16-21(28)18-9-13-20(14-10-18)29-23(24)25/h7-14,23H,2-6,15-16H2,1H3. The van der Waals surface area contributed by atoms with Crippen LogP contribution in [0.2, 0.25) is 0 Å². The van der Waals surface area contributed by atoms with Gasteiger partial charge in [-0.3, -0.25) is 9.79 Å². The first kappa shape index (κ1) is 21.0. The first-order valence-corrected chi connectivity index (χ1v) is 10.0. The van der Waals surface area contributed by atoms with Crippen LogP contribution in [0.1, 0.15) is 48.5 Å². The van der Waals surface area contributed by atoms with Crippen LogP contribution in [0, 0.1) is 0 Å². The molecule has 0 unspecified atom stereocenters. The molecule has 0 saturated carbocycles. The van der Waals surface area contributed by atoms with Gasteiger partial charge in [0.15, 0.2) is 5.78 Å². The van der Waals surface area contributed by atoms with Crippen LogP contribution < -0.4 is 9.64 Å². The number of ketones is 1. The minimum Gasteiger partial charge on any atom is -0.435 e. The van der Waals surface area contributed by atoms with Crippen molar-refractivity contribution in [3.05, 3.63) is 59.7 Å². The molecule has 2 aromatic carbocycles. The molecule has 0 aliphatic carbocycles. The molecule has 0 amide bonds. The fourth-order valence-electron chi connectivity index (χ4n) is 3.38. The Kier molecular flexibility index (Phi) is 7.33. The van der Waals surface area contributed by atoms with Crippen molar-refractivity contribution in [1.29, 1.82) is 0 Å². The second kappa shape index (κ2) is 10.1. The Balaban J connectivity index is 1.81. The van der Waals surface area contributed by atoms with Crippen LogP contribution in [0.5, 0.6) is 5.75 Å². The maximum atomic E-state index is 12.9. The molecule has 29 heavy (non-hydrogen) atoms. The second-order valence-corrected chi connectivity index (χ2v) is 7.04. The van der Waals surface area contributed by atoms with Crippen molar-refractivity contribution in [2.75, 3.05) is 18.0 Å². The Bertz CT molecular complexity index is 833. The Labute approximate surface area is 170 Å². The number of halogens is 2. The van der Waals surface area contributed by atoms with Crippen LogP contribution in [-0.2, 0) is 6.42 Å². The molecule has 6 heteroatoms. The minimum absolute atomic E-state index is 0.0386. The van der Waals surface area contributed by atoms with Gasteiger partial charge in [-0.1, -0.05) is 25.5 Å². The van der Waals surface area contributed by atoms with Crippen molar-refractivity contribution in [3.8, 4) is 5.75 Å². The number of carbonyl (C=O) groups is 1. The van der Waals surface area contributed by atoms with Gasteiger partial charge in [0.05, 0.1) is 6.54 Å². The van der Waals surface area contributed by atoms with Crippen LogP contribution in [-0.4, -0.2) is 31.3 Å². The zero-order valence-electron chi connectivity index (χ0n) is 16.6. The maximum Gasteiger partial charge on any atom is 0.387 e. The third-order valence-corrected chi connectivity index (χ3v) is 5.02. The van der Waals surface area contributed by atoms with Crippen LogP contribution in [0.3, 0.4) is 0 Å². The zero-order chi connectivity index (χ0) is 20.6. The Morgan fingerprint density at radius 1 is 1.07 bits per heavy atom. The van der Waals surface area contributed by atoms with Gasteiger partial charge in [0.1, 0.15) is 11.6 Å². The summed E-state index contributed by atoms with van der Waals surface area (Å²) in [5, 5.41) is 0. The number of hydrogen-bond donors (Lipinski definition) is 0. The molecule has 0 saturated heterocycles. The second-order valence-electron chi connectivity index (χ2n) is 7.04. The summed E-state index contributed by atoms with van der Waals surface area (Å²) in [5.74, 6) is 0.870. The van der Waals surface area contributed by atoms with Gasteiger partial charge in [0.25, 0.3) is 0 Å². The smallest absolute Gasteiger partial charge is 0.387 e. The Morgan fingerprint density at radius 3 is 2.45 bits per heavy atom. The van der Waals surface area contributed by atoms with Crippen LogP contribution >= 0.6 is 0 Å². The van der Waals surface area contributed by atoms with Gasteiger partial charge in [0, 0.05) is 24.2 Å². The normalized spacial score (nSPS) is 14.3. The molecule has 3 rings (SSSR count). The lowest BCUT2D eigenvalue weighted by atomic mass is 10.1. The van der Waals surface area contributed by atoms with E-state index in [0.29, 0.717) is 5.56 Å². The average Bonchev–Trinajstić information content (AvgIpc) is 3.01. The monoisotopic (exact) mass is 400 g/mol. The molecule has 0 spiro atoms. The molecule has 0 fully saturated rings. The molecule has 1 aliphatic heterocycles. The Morgan fingerprint density at radius 2 is 1.79 bits per heavy atom. The lowest BCUT2D eigenvalue weighted by molar-refractivity contribution is -0.0498. The molecule has 0 atom stereocenters. The summed E-state index contributed by atoms with van der Waals surface area (Å²) >= 11 is 0. The SMILES string of the molecule is CCc1ccc(N(CC(=O)c2ccc(OC(F)F)cc2)C2=NCCCCC2)cc1. The number of Topliss-reactive ketones (excluding diaryl/α,β-unsaturated/α-hetero) is 1. The highest BCUT2D eigenvalue weighted by Gasteiger charge is 2.20. The van der Waals surface area contributed by atoms with E-state index in [0.717, 1.165) is 50.2 Å². The van der Waals surface area contributed by atoms with E-state index in [-0.39, 0.29) is 18.1 Å². The lowest BCUT2D eigenvalue weighted by Gasteiger charge is -2.26. The fraction of sp³-hybridized carbons (Fsp3) is 0.391. The van der Waals surface area contributed by atoms with Crippen molar-refractivity contribution < 1.29 is 18.3 Å². The number of rotatable bonds is 7. The van der Waals surface area contributed by atoms with Crippen LogP contribution in [0.15, 0.2) is 53.5 Å². The van der Waals surface area contributed by atoms with Gasteiger partial charge >= 0.3 is 6.61 Å². The molecular weight excluding hydrogens is 374 g/mol.